The summed E-state index contributed by atoms with van der Waals surface area (Å²) >= 11 is 0. The molecule has 1 atom stereocenters. The summed E-state index contributed by atoms with van der Waals surface area (Å²) in [5, 5.41) is 10.3. The Morgan fingerprint density at radius 2 is 2.27 bits per heavy atom. The van der Waals surface area contributed by atoms with Crippen LogP contribution in [0.4, 0.5) is 0 Å². The van der Waals surface area contributed by atoms with E-state index in [0.29, 0.717) is 6.54 Å². The van der Waals surface area contributed by atoms with Gasteiger partial charge < -0.3 is 5.11 Å². The zero-order chi connectivity index (χ0) is 7.84. The first-order chi connectivity index (χ1) is 5.27. The minimum Gasteiger partial charge on any atom is -0.389 e. The van der Waals surface area contributed by atoms with Gasteiger partial charge in [0, 0.05) is 5.92 Å². The van der Waals surface area contributed by atoms with Gasteiger partial charge in [-0.3, -0.25) is 9.63 Å². The highest BCUT2D eigenvalue weighted by Gasteiger charge is 2.37. The van der Waals surface area contributed by atoms with Crippen molar-refractivity contribution in [3.63, 3.8) is 0 Å². The number of β-amino-alcohol motifs (C(OH)–C–C–N with tert-alkyl or cyclic N) is 1. The summed E-state index contributed by atoms with van der Waals surface area (Å²) in [7, 11) is 0. The largest absolute Gasteiger partial charge is 0.389 e. The molecule has 11 heavy (non-hydrogen) atoms. The number of nitrogens with zero attached hydrogens (tertiary/aromatic N) is 1. The average molecular weight is 157 g/mol. The maximum absolute atomic E-state index is 11.2. The molecule has 4 heteroatoms. The fourth-order valence-electron chi connectivity index (χ4n) is 1.16. The summed E-state index contributed by atoms with van der Waals surface area (Å²) in [6.45, 7) is 0.605. The van der Waals surface area contributed by atoms with Gasteiger partial charge in [0.25, 0.3) is 0 Å². The highest BCUT2D eigenvalue weighted by molar-refractivity contribution is 5.80. The van der Waals surface area contributed by atoms with E-state index in [1.54, 1.807) is 0 Å². The number of aliphatic hydroxyl groups excluding tert-OH is 1. The van der Waals surface area contributed by atoms with Gasteiger partial charge in [0.1, 0.15) is 6.61 Å². The van der Waals surface area contributed by atoms with Crippen molar-refractivity contribution >= 4 is 5.91 Å². The second kappa shape index (κ2) is 2.46. The van der Waals surface area contributed by atoms with Crippen molar-refractivity contribution in [2.75, 3.05) is 13.2 Å². The average Bonchev–Trinajstić information content (AvgIpc) is 2.74. The van der Waals surface area contributed by atoms with Gasteiger partial charge in [-0.1, -0.05) is 0 Å². The predicted molar refractivity (Wildman–Crippen MR) is 36.4 cm³/mol. The van der Waals surface area contributed by atoms with Crippen LogP contribution in [-0.4, -0.2) is 35.3 Å². The summed E-state index contributed by atoms with van der Waals surface area (Å²) in [5.74, 6) is 0.224. The third-order valence-corrected chi connectivity index (χ3v) is 1.97. The molecular formula is C7H11NO3. The second-order valence-corrected chi connectivity index (χ2v) is 3.12. The maximum atomic E-state index is 11.2. The number of rotatable bonds is 1. The van der Waals surface area contributed by atoms with Crippen LogP contribution in [0.3, 0.4) is 0 Å². The highest BCUT2D eigenvalue weighted by atomic mass is 16.7. The first-order valence-corrected chi connectivity index (χ1v) is 3.90. The molecule has 1 aliphatic heterocycles. The Kier molecular flexibility index (Phi) is 1.58. The van der Waals surface area contributed by atoms with E-state index in [-0.39, 0.29) is 18.4 Å². The molecule has 1 N–H and O–H groups in total. The Hall–Kier alpha value is -0.610. The maximum Gasteiger partial charge on any atom is 0.249 e. The minimum atomic E-state index is -0.488. The molecule has 2 aliphatic rings. The van der Waals surface area contributed by atoms with Crippen LogP contribution < -0.4 is 0 Å². The Balaban J connectivity index is 1.89. The fraction of sp³-hybridized carbons (Fsp3) is 0.857. The monoisotopic (exact) mass is 157 g/mol. The molecule has 0 unspecified atom stereocenters. The van der Waals surface area contributed by atoms with Gasteiger partial charge in [0.05, 0.1) is 12.6 Å². The summed E-state index contributed by atoms with van der Waals surface area (Å²) in [6.07, 6.45) is 1.47. The van der Waals surface area contributed by atoms with Gasteiger partial charge in [-0.2, -0.15) is 0 Å². The molecule has 1 aliphatic carbocycles. The van der Waals surface area contributed by atoms with Crippen molar-refractivity contribution in [1.29, 1.82) is 0 Å². The van der Waals surface area contributed by atoms with Crippen LogP contribution in [0.15, 0.2) is 0 Å². The van der Waals surface area contributed by atoms with E-state index in [4.69, 9.17) is 9.94 Å². The van der Waals surface area contributed by atoms with Crippen molar-refractivity contribution in [2.24, 2.45) is 5.92 Å². The van der Waals surface area contributed by atoms with Crippen molar-refractivity contribution in [3.8, 4) is 0 Å². The van der Waals surface area contributed by atoms with Gasteiger partial charge in [-0.05, 0) is 12.8 Å². The first kappa shape index (κ1) is 7.06. The first-order valence-electron chi connectivity index (χ1n) is 3.90. The SMILES string of the molecule is O=C(C1CC1)N1C[C@@H](O)CO1. The van der Waals surface area contributed by atoms with E-state index < -0.39 is 6.10 Å². The Labute approximate surface area is 64.7 Å². The summed E-state index contributed by atoms with van der Waals surface area (Å²) < 4.78 is 0. The number of amides is 1. The summed E-state index contributed by atoms with van der Waals surface area (Å²) in [6, 6.07) is 0. The van der Waals surface area contributed by atoms with Crippen LogP contribution in [0.1, 0.15) is 12.8 Å². The third kappa shape index (κ3) is 1.36. The molecule has 2 rings (SSSR count). The van der Waals surface area contributed by atoms with E-state index in [1.807, 2.05) is 0 Å². The molecule has 62 valence electrons. The lowest BCUT2D eigenvalue weighted by atomic mass is 10.3. The molecule has 1 saturated heterocycles. The normalized spacial score (nSPS) is 31.0. The zero-order valence-corrected chi connectivity index (χ0v) is 6.19. The van der Waals surface area contributed by atoms with Crippen LogP contribution in [0.2, 0.25) is 0 Å². The zero-order valence-electron chi connectivity index (χ0n) is 6.19. The van der Waals surface area contributed by atoms with E-state index >= 15 is 0 Å². The molecule has 4 nitrogen and oxygen atoms in total. The van der Waals surface area contributed by atoms with Gasteiger partial charge in [-0.15, -0.1) is 0 Å². The lowest BCUT2D eigenvalue weighted by molar-refractivity contribution is -0.170. The standard InChI is InChI=1S/C7H11NO3/c9-6-3-8(11-4-6)7(10)5-1-2-5/h5-6,9H,1-4H2/t6-/m1/s1. The lowest BCUT2D eigenvalue weighted by Gasteiger charge is -2.12. The van der Waals surface area contributed by atoms with Crippen molar-refractivity contribution < 1.29 is 14.7 Å². The quantitative estimate of drug-likeness (QED) is 0.560. The van der Waals surface area contributed by atoms with Crippen molar-refractivity contribution in [2.45, 2.75) is 18.9 Å². The number of carbonyl (C=O) groups is 1. The molecule has 1 saturated carbocycles. The lowest BCUT2D eigenvalue weighted by Crippen LogP contribution is -2.29. The van der Waals surface area contributed by atoms with Crippen LogP contribution >= 0.6 is 0 Å². The molecule has 0 aromatic heterocycles. The van der Waals surface area contributed by atoms with Crippen LogP contribution in [0.5, 0.6) is 0 Å². The molecule has 0 spiro atoms. The molecule has 2 fully saturated rings. The number of hydrogen-bond acceptors (Lipinski definition) is 3. The number of carbonyl (C=O) groups excluding carboxylic acids is 1. The fourth-order valence-corrected chi connectivity index (χ4v) is 1.16. The third-order valence-electron chi connectivity index (χ3n) is 1.97. The highest BCUT2D eigenvalue weighted by Crippen LogP contribution is 2.31. The van der Waals surface area contributed by atoms with E-state index in [1.165, 1.54) is 5.06 Å². The van der Waals surface area contributed by atoms with Gasteiger partial charge in [-0.25, -0.2) is 5.06 Å². The molecule has 0 aromatic rings. The number of hydrogen-bond donors (Lipinski definition) is 1. The Morgan fingerprint density at radius 1 is 1.55 bits per heavy atom. The summed E-state index contributed by atoms with van der Waals surface area (Å²) in [4.78, 5) is 16.2. The van der Waals surface area contributed by atoms with E-state index in [9.17, 15) is 4.79 Å². The minimum absolute atomic E-state index is 0.0431. The molecule has 1 heterocycles. The molecule has 0 bridgehead atoms. The predicted octanol–water partition coefficient (Wildman–Crippen LogP) is -0.469. The number of aliphatic hydroxyl groups is 1. The van der Waals surface area contributed by atoms with Crippen LogP contribution in [0.25, 0.3) is 0 Å². The van der Waals surface area contributed by atoms with E-state index in [0.717, 1.165) is 12.8 Å². The topological polar surface area (TPSA) is 49.8 Å². The Morgan fingerprint density at radius 3 is 2.73 bits per heavy atom. The van der Waals surface area contributed by atoms with Crippen molar-refractivity contribution in [1.82, 2.24) is 5.06 Å². The van der Waals surface area contributed by atoms with Crippen LogP contribution in [0, 0.1) is 5.92 Å². The van der Waals surface area contributed by atoms with Gasteiger partial charge in [0.2, 0.25) is 5.91 Å². The van der Waals surface area contributed by atoms with Gasteiger partial charge >= 0.3 is 0 Å². The molecule has 0 aromatic carbocycles. The molecular weight excluding hydrogens is 146 g/mol. The summed E-state index contributed by atoms with van der Waals surface area (Å²) in [5.41, 5.74) is 0. The molecule has 1 amide bonds. The number of hydroxylamine groups is 2. The Bertz CT molecular complexity index is 179. The van der Waals surface area contributed by atoms with Crippen LogP contribution in [-0.2, 0) is 9.63 Å². The van der Waals surface area contributed by atoms with E-state index in [2.05, 4.69) is 0 Å². The van der Waals surface area contributed by atoms with Gasteiger partial charge in [0.15, 0.2) is 0 Å². The molecule has 0 radical (unpaired) electrons. The smallest absolute Gasteiger partial charge is 0.249 e. The second-order valence-electron chi connectivity index (χ2n) is 3.12. The van der Waals surface area contributed by atoms with Crippen molar-refractivity contribution in [3.05, 3.63) is 0 Å².